The number of anilines is 2. The molecule has 9 nitrogen and oxygen atoms in total. The van der Waals surface area contributed by atoms with Gasteiger partial charge in [-0.3, -0.25) is 19.6 Å². The van der Waals surface area contributed by atoms with Gasteiger partial charge >= 0.3 is 0 Å². The number of nitrogens with two attached hydrogens (primary N) is 2. The number of hydrogen-bond donors (Lipinski definition) is 5. The molecule has 2 amide bonds. The summed E-state index contributed by atoms with van der Waals surface area (Å²) in [6.07, 6.45) is 6.39. The van der Waals surface area contributed by atoms with E-state index in [-0.39, 0.29) is 17.9 Å². The van der Waals surface area contributed by atoms with Gasteiger partial charge in [0, 0.05) is 29.5 Å². The van der Waals surface area contributed by atoms with Crippen LogP contribution in [0, 0.1) is 0 Å². The molecule has 0 saturated heterocycles. The Balaban J connectivity index is 1.34. The van der Waals surface area contributed by atoms with Crippen molar-refractivity contribution >= 4 is 45.6 Å². The van der Waals surface area contributed by atoms with E-state index in [0.29, 0.717) is 17.0 Å². The van der Waals surface area contributed by atoms with Crippen LogP contribution in [0.3, 0.4) is 0 Å². The first-order chi connectivity index (χ1) is 15.0. The Morgan fingerprint density at radius 3 is 2.68 bits per heavy atom. The lowest BCUT2D eigenvalue weighted by atomic mass is 10.0. The Labute approximate surface area is 187 Å². The largest absolute Gasteiger partial charge is 0.363 e. The maximum atomic E-state index is 12.7. The Morgan fingerprint density at radius 1 is 1.13 bits per heavy atom. The third-order valence-electron chi connectivity index (χ3n) is 4.66. The summed E-state index contributed by atoms with van der Waals surface area (Å²) >= 11 is 2.67. The second kappa shape index (κ2) is 9.43. The van der Waals surface area contributed by atoms with Crippen LogP contribution in [0.4, 0.5) is 10.7 Å². The molecule has 3 aromatic heterocycles. The van der Waals surface area contributed by atoms with Crippen molar-refractivity contribution in [3.8, 4) is 0 Å². The number of hydrogen-bond acceptors (Lipinski definition) is 9. The summed E-state index contributed by atoms with van der Waals surface area (Å²) in [6.45, 7) is 0. The van der Waals surface area contributed by atoms with Gasteiger partial charge in [0.25, 0.3) is 11.8 Å². The molecule has 4 rings (SSSR count). The molecule has 0 fully saturated rings. The molecule has 1 aliphatic rings. The second-order valence-electron chi connectivity index (χ2n) is 6.87. The molecule has 3 unspecified atom stereocenters. The molecule has 0 saturated carbocycles. The fourth-order valence-corrected chi connectivity index (χ4v) is 4.87. The zero-order chi connectivity index (χ0) is 21.8. The molecule has 11 heteroatoms. The van der Waals surface area contributed by atoms with Gasteiger partial charge in [-0.1, -0.05) is 11.8 Å². The van der Waals surface area contributed by atoms with Gasteiger partial charge in [0.15, 0.2) is 5.37 Å². The normalized spacial score (nSPS) is 16.6. The standard InChI is InChI=1S/C20H21N7O2S2/c21-13(11-1-5-23-6-2-11)9-16(22)26-17(28)12-4-8-30-19(12)27-18(29)20-25-14-10-24-7-3-15(14)31-20/h1-8,10,13,16,20,25H,9,21-22H2,(H,26,28)(H,27,29). The number of nitrogens with zero attached hydrogens (tertiary/aromatic N) is 2. The van der Waals surface area contributed by atoms with Crippen molar-refractivity contribution in [3.05, 3.63) is 65.6 Å². The van der Waals surface area contributed by atoms with E-state index in [1.54, 1.807) is 36.2 Å². The predicted molar refractivity (Wildman–Crippen MR) is 122 cm³/mol. The predicted octanol–water partition coefficient (Wildman–Crippen LogP) is 2.13. The monoisotopic (exact) mass is 455 g/mol. The molecule has 3 aromatic rings. The Morgan fingerprint density at radius 2 is 1.90 bits per heavy atom. The summed E-state index contributed by atoms with van der Waals surface area (Å²) in [5, 5.41) is 10.4. The van der Waals surface area contributed by atoms with Crippen LogP contribution in [0.1, 0.15) is 28.4 Å². The molecule has 3 atom stereocenters. The van der Waals surface area contributed by atoms with Gasteiger partial charge in [0.2, 0.25) is 0 Å². The highest BCUT2D eigenvalue weighted by Crippen LogP contribution is 2.38. The van der Waals surface area contributed by atoms with E-state index >= 15 is 0 Å². The average molecular weight is 456 g/mol. The van der Waals surface area contributed by atoms with Crippen molar-refractivity contribution < 1.29 is 9.59 Å². The minimum absolute atomic E-state index is 0.248. The van der Waals surface area contributed by atoms with Crippen LogP contribution in [0.25, 0.3) is 0 Å². The summed E-state index contributed by atoms with van der Waals surface area (Å²) in [5.41, 5.74) is 14.3. The van der Waals surface area contributed by atoms with Crippen molar-refractivity contribution in [1.82, 2.24) is 15.3 Å². The van der Waals surface area contributed by atoms with Gasteiger partial charge in [-0.25, -0.2) is 0 Å². The minimum Gasteiger partial charge on any atom is -0.363 e. The lowest BCUT2D eigenvalue weighted by molar-refractivity contribution is -0.115. The average Bonchev–Trinajstić information content (AvgIpc) is 3.41. The van der Waals surface area contributed by atoms with Crippen LogP contribution in [0.5, 0.6) is 0 Å². The number of fused-ring (bicyclic) bond motifs is 1. The zero-order valence-corrected chi connectivity index (χ0v) is 18.0. The van der Waals surface area contributed by atoms with Crippen molar-refractivity contribution in [1.29, 1.82) is 0 Å². The van der Waals surface area contributed by atoms with E-state index in [1.807, 2.05) is 18.2 Å². The number of thioether (sulfide) groups is 1. The zero-order valence-electron chi connectivity index (χ0n) is 16.3. The number of rotatable bonds is 7. The molecule has 0 spiro atoms. The van der Waals surface area contributed by atoms with Gasteiger partial charge in [0.1, 0.15) is 5.00 Å². The number of nitrogens with one attached hydrogen (secondary N) is 3. The molecule has 0 aromatic carbocycles. The molecule has 0 aliphatic carbocycles. The molecule has 7 N–H and O–H groups in total. The summed E-state index contributed by atoms with van der Waals surface area (Å²) in [7, 11) is 0. The number of carbonyl (C=O) groups excluding carboxylic acids is 2. The molecule has 160 valence electrons. The number of thiophene rings is 1. The Kier molecular flexibility index (Phi) is 6.47. The third kappa shape index (κ3) is 5.02. The quantitative estimate of drug-likeness (QED) is 0.340. The van der Waals surface area contributed by atoms with E-state index in [1.165, 1.54) is 23.1 Å². The lowest BCUT2D eigenvalue weighted by Crippen LogP contribution is -2.43. The number of aromatic nitrogens is 2. The topological polar surface area (TPSA) is 148 Å². The molecule has 4 heterocycles. The van der Waals surface area contributed by atoms with Crippen molar-refractivity contribution in [2.24, 2.45) is 11.5 Å². The van der Waals surface area contributed by atoms with Gasteiger partial charge < -0.3 is 27.4 Å². The summed E-state index contributed by atoms with van der Waals surface area (Å²) in [5.74, 6) is -0.618. The van der Waals surface area contributed by atoms with E-state index < -0.39 is 11.5 Å². The first-order valence-electron chi connectivity index (χ1n) is 9.49. The fraction of sp³-hybridized carbons (Fsp3) is 0.200. The van der Waals surface area contributed by atoms with Crippen LogP contribution >= 0.6 is 23.1 Å². The Hall–Kier alpha value is -2.99. The van der Waals surface area contributed by atoms with Crippen LogP contribution in [0.2, 0.25) is 0 Å². The molecule has 0 bridgehead atoms. The van der Waals surface area contributed by atoms with Gasteiger partial charge in [0.05, 0.1) is 23.6 Å². The fourth-order valence-electron chi connectivity index (χ4n) is 3.10. The van der Waals surface area contributed by atoms with E-state index in [2.05, 4.69) is 25.9 Å². The smallest absolute Gasteiger partial charge is 0.258 e. The van der Waals surface area contributed by atoms with Crippen LogP contribution in [-0.2, 0) is 4.79 Å². The molecular weight excluding hydrogens is 434 g/mol. The summed E-state index contributed by atoms with van der Waals surface area (Å²) in [4.78, 5) is 34.4. The highest BCUT2D eigenvalue weighted by atomic mass is 32.2. The van der Waals surface area contributed by atoms with E-state index in [4.69, 9.17) is 11.5 Å². The highest BCUT2D eigenvalue weighted by Gasteiger charge is 2.29. The van der Waals surface area contributed by atoms with Gasteiger partial charge in [-0.05, 0) is 41.6 Å². The maximum absolute atomic E-state index is 12.7. The number of amides is 2. The van der Waals surface area contributed by atoms with Crippen LogP contribution in [0.15, 0.2) is 59.3 Å². The number of pyridine rings is 2. The molecular formula is C20H21N7O2S2. The van der Waals surface area contributed by atoms with Crippen LogP contribution in [-0.4, -0.2) is 33.3 Å². The van der Waals surface area contributed by atoms with E-state index in [9.17, 15) is 9.59 Å². The summed E-state index contributed by atoms with van der Waals surface area (Å²) < 4.78 is 0. The van der Waals surface area contributed by atoms with Gasteiger partial charge in [-0.2, -0.15) is 0 Å². The maximum Gasteiger partial charge on any atom is 0.258 e. The van der Waals surface area contributed by atoms with Gasteiger partial charge in [-0.15, -0.1) is 11.3 Å². The van der Waals surface area contributed by atoms with Crippen molar-refractivity contribution in [2.45, 2.75) is 28.9 Å². The SMILES string of the molecule is NC(CC(N)c1ccncc1)NC(=O)c1ccsc1NC(=O)C1Nc2cnccc2S1. The Bertz CT molecular complexity index is 1050. The molecule has 31 heavy (non-hydrogen) atoms. The number of carbonyl (C=O) groups is 2. The van der Waals surface area contributed by atoms with Crippen molar-refractivity contribution in [3.63, 3.8) is 0 Å². The minimum atomic E-state index is -0.645. The van der Waals surface area contributed by atoms with E-state index in [0.717, 1.165) is 16.1 Å². The van der Waals surface area contributed by atoms with Crippen LogP contribution < -0.4 is 27.4 Å². The lowest BCUT2D eigenvalue weighted by Gasteiger charge is -2.19. The molecule has 0 radical (unpaired) electrons. The second-order valence-corrected chi connectivity index (χ2v) is 8.93. The summed E-state index contributed by atoms with van der Waals surface area (Å²) in [6, 6.07) is 6.80. The highest BCUT2D eigenvalue weighted by molar-refractivity contribution is 8.01. The molecule has 1 aliphatic heterocycles. The first-order valence-corrected chi connectivity index (χ1v) is 11.2. The first kappa shape index (κ1) is 21.2. The third-order valence-corrected chi connectivity index (χ3v) is 6.66. The van der Waals surface area contributed by atoms with Crippen molar-refractivity contribution in [2.75, 3.05) is 10.6 Å².